The van der Waals surface area contributed by atoms with Crippen LogP contribution in [-0.4, -0.2) is 31.6 Å². The Labute approximate surface area is 117 Å². The van der Waals surface area contributed by atoms with Crippen LogP contribution in [0.15, 0.2) is 15.9 Å². The molecule has 1 aliphatic rings. The molecular weight excluding hydrogens is 296 g/mol. The van der Waals surface area contributed by atoms with Crippen molar-refractivity contribution in [3.8, 4) is 0 Å². The maximum absolute atomic E-state index is 3.52. The van der Waals surface area contributed by atoms with Crippen molar-refractivity contribution in [1.29, 1.82) is 0 Å². The SMILES string of the molecule is CN(CCC1CCCNC1)Cc1ccc(Br)s1. The van der Waals surface area contributed by atoms with Gasteiger partial charge in [0.15, 0.2) is 0 Å². The lowest BCUT2D eigenvalue weighted by atomic mass is 9.96. The molecule has 0 aromatic carbocycles. The molecule has 1 aromatic rings. The number of thiophene rings is 1. The summed E-state index contributed by atoms with van der Waals surface area (Å²) in [6, 6.07) is 4.35. The Balaban J connectivity index is 1.68. The van der Waals surface area contributed by atoms with E-state index in [2.05, 4.69) is 45.3 Å². The Morgan fingerprint density at radius 2 is 2.41 bits per heavy atom. The highest BCUT2D eigenvalue weighted by atomic mass is 79.9. The molecule has 1 aliphatic heterocycles. The average molecular weight is 317 g/mol. The minimum absolute atomic E-state index is 0.890. The van der Waals surface area contributed by atoms with Gasteiger partial charge in [0.25, 0.3) is 0 Å². The summed E-state index contributed by atoms with van der Waals surface area (Å²) in [6.45, 7) is 4.73. The van der Waals surface area contributed by atoms with Gasteiger partial charge in [-0.25, -0.2) is 0 Å². The van der Waals surface area contributed by atoms with E-state index in [-0.39, 0.29) is 0 Å². The van der Waals surface area contributed by atoms with Gasteiger partial charge in [-0.2, -0.15) is 0 Å². The zero-order valence-corrected chi connectivity index (χ0v) is 12.8. The van der Waals surface area contributed by atoms with Crippen LogP contribution in [0, 0.1) is 5.92 Å². The van der Waals surface area contributed by atoms with Gasteiger partial charge in [0.2, 0.25) is 0 Å². The first-order valence-corrected chi connectivity index (χ1v) is 7.98. The average Bonchev–Trinajstić information content (AvgIpc) is 2.73. The highest BCUT2D eigenvalue weighted by molar-refractivity contribution is 9.11. The second kappa shape index (κ2) is 6.88. The zero-order chi connectivity index (χ0) is 12.1. The second-order valence-electron chi connectivity index (χ2n) is 4.94. The van der Waals surface area contributed by atoms with Crippen molar-refractivity contribution in [3.63, 3.8) is 0 Å². The summed E-state index contributed by atoms with van der Waals surface area (Å²) in [5.74, 6) is 0.890. The summed E-state index contributed by atoms with van der Waals surface area (Å²) in [7, 11) is 2.23. The molecule has 0 radical (unpaired) electrons. The lowest BCUT2D eigenvalue weighted by Gasteiger charge is -2.25. The van der Waals surface area contributed by atoms with Crippen LogP contribution in [0.1, 0.15) is 24.1 Å². The van der Waals surface area contributed by atoms with E-state index in [0.29, 0.717) is 0 Å². The highest BCUT2D eigenvalue weighted by Crippen LogP contribution is 2.23. The third kappa shape index (κ3) is 4.70. The van der Waals surface area contributed by atoms with Crippen molar-refractivity contribution in [2.75, 3.05) is 26.7 Å². The van der Waals surface area contributed by atoms with E-state index in [9.17, 15) is 0 Å². The summed E-state index contributed by atoms with van der Waals surface area (Å²) in [5, 5.41) is 3.49. The molecule has 1 saturated heterocycles. The van der Waals surface area contributed by atoms with Gasteiger partial charge in [0.05, 0.1) is 3.79 Å². The maximum Gasteiger partial charge on any atom is 0.0701 e. The zero-order valence-electron chi connectivity index (χ0n) is 10.4. The summed E-state index contributed by atoms with van der Waals surface area (Å²) in [4.78, 5) is 3.88. The first-order chi connectivity index (χ1) is 8.24. The molecule has 1 unspecified atom stereocenters. The van der Waals surface area contributed by atoms with Crippen LogP contribution in [0.25, 0.3) is 0 Å². The third-order valence-electron chi connectivity index (χ3n) is 3.37. The molecule has 96 valence electrons. The topological polar surface area (TPSA) is 15.3 Å². The van der Waals surface area contributed by atoms with Crippen LogP contribution in [0.5, 0.6) is 0 Å². The minimum atomic E-state index is 0.890. The fourth-order valence-corrected chi connectivity index (χ4v) is 3.92. The normalized spacial score (nSPS) is 21.0. The third-order valence-corrected chi connectivity index (χ3v) is 4.98. The van der Waals surface area contributed by atoms with Crippen LogP contribution < -0.4 is 5.32 Å². The van der Waals surface area contributed by atoms with Gasteiger partial charge in [0, 0.05) is 11.4 Å². The maximum atomic E-state index is 3.52. The number of hydrogen-bond donors (Lipinski definition) is 1. The fourth-order valence-electron chi connectivity index (χ4n) is 2.36. The smallest absolute Gasteiger partial charge is 0.0701 e. The summed E-state index contributed by atoms with van der Waals surface area (Å²) < 4.78 is 1.23. The molecule has 1 aromatic heterocycles. The molecule has 1 atom stereocenters. The predicted molar refractivity (Wildman–Crippen MR) is 78.6 cm³/mol. The molecular formula is C13H21BrN2S. The number of halogens is 1. The van der Waals surface area contributed by atoms with Crippen LogP contribution in [0.4, 0.5) is 0 Å². The van der Waals surface area contributed by atoms with Gasteiger partial charge in [-0.15, -0.1) is 11.3 Å². The lowest BCUT2D eigenvalue weighted by molar-refractivity contribution is 0.270. The predicted octanol–water partition coefficient (Wildman–Crippen LogP) is 3.33. The summed E-state index contributed by atoms with van der Waals surface area (Å²) >= 11 is 5.36. The fraction of sp³-hybridized carbons (Fsp3) is 0.692. The van der Waals surface area contributed by atoms with E-state index in [1.54, 1.807) is 0 Å². The molecule has 2 nitrogen and oxygen atoms in total. The van der Waals surface area contributed by atoms with Gasteiger partial charge < -0.3 is 10.2 Å². The van der Waals surface area contributed by atoms with Gasteiger partial charge in [-0.1, -0.05) is 0 Å². The molecule has 4 heteroatoms. The van der Waals surface area contributed by atoms with Crippen molar-refractivity contribution in [2.45, 2.75) is 25.8 Å². The Hall–Kier alpha value is 0.1000. The minimum Gasteiger partial charge on any atom is -0.316 e. The number of rotatable bonds is 5. The Morgan fingerprint density at radius 1 is 1.53 bits per heavy atom. The standard InChI is InChI=1S/C13H21BrN2S/c1-16(10-12-4-5-13(14)17-12)8-6-11-3-2-7-15-9-11/h4-5,11,15H,2-3,6-10H2,1H3. The molecule has 0 aliphatic carbocycles. The van der Waals surface area contributed by atoms with Gasteiger partial charge in [0.1, 0.15) is 0 Å². The van der Waals surface area contributed by atoms with Crippen LogP contribution in [0.3, 0.4) is 0 Å². The van der Waals surface area contributed by atoms with Gasteiger partial charge >= 0.3 is 0 Å². The number of hydrogen-bond acceptors (Lipinski definition) is 3. The lowest BCUT2D eigenvalue weighted by Crippen LogP contribution is -2.32. The van der Waals surface area contributed by atoms with Crippen molar-refractivity contribution in [2.24, 2.45) is 5.92 Å². The van der Waals surface area contributed by atoms with E-state index in [1.807, 2.05) is 11.3 Å². The van der Waals surface area contributed by atoms with Crippen molar-refractivity contribution < 1.29 is 0 Å². The van der Waals surface area contributed by atoms with Gasteiger partial charge in [-0.3, -0.25) is 0 Å². The summed E-state index contributed by atoms with van der Waals surface area (Å²) in [6.07, 6.45) is 4.09. The Kier molecular flexibility index (Phi) is 5.48. The van der Waals surface area contributed by atoms with Crippen molar-refractivity contribution in [1.82, 2.24) is 10.2 Å². The number of piperidine rings is 1. The molecule has 2 rings (SSSR count). The quantitative estimate of drug-likeness (QED) is 0.896. The Bertz CT molecular complexity index is 334. The van der Waals surface area contributed by atoms with E-state index in [1.165, 1.54) is 47.6 Å². The molecule has 1 fully saturated rings. The van der Waals surface area contributed by atoms with E-state index < -0.39 is 0 Å². The molecule has 17 heavy (non-hydrogen) atoms. The van der Waals surface area contributed by atoms with Crippen LogP contribution >= 0.6 is 27.3 Å². The second-order valence-corrected chi connectivity index (χ2v) is 7.49. The highest BCUT2D eigenvalue weighted by Gasteiger charge is 2.13. The number of nitrogens with zero attached hydrogens (tertiary/aromatic N) is 1. The monoisotopic (exact) mass is 316 g/mol. The molecule has 1 N–H and O–H groups in total. The molecule has 0 amide bonds. The first kappa shape index (κ1) is 13.5. The molecule has 0 saturated carbocycles. The largest absolute Gasteiger partial charge is 0.316 e. The molecule has 0 spiro atoms. The Morgan fingerprint density at radius 3 is 3.06 bits per heavy atom. The first-order valence-electron chi connectivity index (χ1n) is 6.37. The van der Waals surface area contributed by atoms with Crippen molar-refractivity contribution >= 4 is 27.3 Å². The van der Waals surface area contributed by atoms with E-state index in [0.717, 1.165) is 12.5 Å². The van der Waals surface area contributed by atoms with Crippen LogP contribution in [0.2, 0.25) is 0 Å². The van der Waals surface area contributed by atoms with Crippen molar-refractivity contribution in [3.05, 3.63) is 20.8 Å². The van der Waals surface area contributed by atoms with E-state index >= 15 is 0 Å². The number of nitrogens with one attached hydrogen (secondary N) is 1. The molecule has 2 heterocycles. The van der Waals surface area contributed by atoms with Crippen LogP contribution in [-0.2, 0) is 6.54 Å². The summed E-state index contributed by atoms with van der Waals surface area (Å²) in [5.41, 5.74) is 0. The van der Waals surface area contributed by atoms with E-state index in [4.69, 9.17) is 0 Å². The van der Waals surface area contributed by atoms with Gasteiger partial charge in [-0.05, 0) is 79.9 Å². The molecule has 0 bridgehead atoms.